The van der Waals surface area contributed by atoms with Gasteiger partial charge in [-0.05, 0) is 29.8 Å². The van der Waals surface area contributed by atoms with E-state index in [0.717, 1.165) is 5.56 Å². The van der Waals surface area contributed by atoms with E-state index in [2.05, 4.69) is 0 Å². The van der Waals surface area contributed by atoms with Crippen LogP contribution in [0.5, 0.6) is 0 Å². The van der Waals surface area contributed by atoms with Crippen LogP contribution in [-0.2, 0) is 6.54 Å². The van der Waals surface area contributed by atoms with Crippen LogP contribution in [-0.4, -0.2) is 0 Å². The van der Waals surface area contributed by atoms with E-state index >= 15 is 0 Å². The van der Waals surface area contributed by atoms with E-state index in [-0.39, 0.29) is 5.82 Å². The van der Waals surface area contributed by atoms with Crippen LogP contribution in [0.3, 0.4) is 0 Å². The minimum Gasteiger partial charge on any atom is -0.326 e. The monoisotopic (exact) mass is 269 g/mol. The molecule has 0 aliphatic heterocycles. The van der Waals surface area contributed by atoms with Crippen molar-refractivity contribution >= 4 is 23.2 Å². The Kier molecular flexibility index (Phi) is 3.67. The fraction of sp³-hybridized carbons (Fsp3) is 0.0769. The standard InChI is InChI=1S/C13H10Cl2FN/c14-9-2-4-11(13(16)6-9)10-3-1-8(7-17)5-12(10)15/h1-6H,7,17H2. The topological polar surface area (TPSA) is 26.0 Å². The highest BCUT2D eigenvalue weighted by Gasteiger charge is 2.09. The summed E-state index contributed by atoms with van der Waals surface area (Å²) in [5.74, 6) is -0.389. The lowest BCUT2D eigenvalue weighted by Crippen LogP contribution is -1.96. The van der Waals surface area contributed by atoms with Gasteiger partial charge in [-0.3, -0.25) is 0 Å². The van der Waals surface area contributed by atoms with Crippen LogP contribution in [0.25, 0.3) is 11.1 Å². The van der Waals surface area contributed by atoms with Gasteiger partial charge in [0, 0.05) is 27.7 Å². The normalized spacial score (nSPS) is 10.6. The molecule has 4 heteroatoms. The minimum absolute atomic E-state index is 0.362. The SMILES string of the molecule is NCc1ccc(-c2ccc(Cl)cc2F)c(Cl)c1. The molecule has 0 amide bonds. The second-order valence-electron chi connectivity index (χ2n) is 3.64. The first-order valence-electron chi connectivity index (χ1n) is 5.05. The van der Waals surface area contributed by atoms with E-state index in [1.54, 1.807) is 24.3 Å². The molecule has 0 atom stereocenters. The van der Waals surface area contributed by atoms with Crippen LogP contribution in [0.4, 0.5) is 4.39 Å². The van der Waals surface area contributed by atoms with Crippen molar-refractivity contribution in [2.75, 3.05) is 0 Å². The molecule has 2 aromatic rings. The van der Waals surface area contributed by atoms with Crippen LogP contribution in [0.15, 0.2) is 36.4 Å². The molecule has 88 valence electrons. The molecule has 2 rings (SSSR count). The smallest absolute Gasteiger partial charge is 0.132 e. The van der Waals surface area contributed by atoms with Crippen LogP contribution >= 0.6 is 23.2 Å². The van der Waals surface area contributed by atoms with Gasteiger partial charge in [0.05, 0.1) is 0 Å². The minimum atomic E-state index is -0.389. The Bertz CT molecular complexity index is 555. The van der Waals surface area contributed by atoms with E-state index in [9.17, 15) is 4.39 Å². The van der Waals surface area contributed by atoms with E-state index in [1.807, 2.05) is 6.07 Å². The predicted molar refractivity (Wildman–Crippen MR) is 69.7 cm³/mol. The molecule has 0 fully saturated rings. The van der Waals surface area contributed by atoms with Gasteiger partial charge in [0.15, 0.2) is 0 Å². The zero-order valence-electron chi connectivity index (χ0n) is 8.88. The molecule has 0 aliphatic carbocycles. The molecular weight excluding hydrogens is 260 g/mol. The largest absolute Gasteiger partial charge is 0.326 e. The Balaban J connectivity index is 2.53. The lowest BCUT2D eigenvalue weighted by Gasteiger charge is -2.08. The molecule has 0 bridgehead atoms. The number of hydrogen-bond acceptors (Lipinski definition) is 1. The summed E-state index contributed by atoms with van der Waals surface area (Å²) in [5, 5.41) is 0.843. The Morgan fingerprint density at radius 1 is 1.00 bits per heavy atom. The lowest BCUT2D eigenvalue weighted by molar-refractivity contribution is 0.631. The Hall–Kier alpha value is -1.09. The van der Waals surface area contributed by atoms with Crippen molar-refractivity contribution in [3.63, 3.8) is 0 Å². The fourth-order valence-electron chi connectivity index (χ4n) is 1.61. The van der Waals surface area contributed by atoms with Crippen molar-refractivity contribution < 1.29 is 4.39 Å². The molecule has 0 aromatic heterocycles. The first-order valence-corrected chi connectivity index (χ1v) is 5.81. The Labute approximate surface area is 109 Å². The summed E-state index contributed by atoms with van der Waals surface area (Å²) < 4.78 is 13.7. The molecular formula is C13H10Cl2FN. The summed E-state index contributed by atoms with van der Waals surface area (Å²) in [6.45, 7) is 0.406. The maximum atomic E-state index is 13.7. The Morgan fingerprint density at radius 2 is 1.71 bits per heavy atom. The molecule has 0 radical (unpaired) electrons. The van der Waals surface area contributed by atoms with Crippen LogP contribution in [0.2, 0.25) is 10.0 Å². The highest BCUT2D eigenvalue weighted by molar-refractivity contribution is 6.33. The van der Waals surface area contributed by atoms with Crippen molar-refractivity contribution in [2.24, 2.45) is 5.73 Å². The van der Waals surface area contributed by atoms with Crippen LogP contribution in [0, 0.1) is 5.82 Å². The van der Waals surface area contributed by atoms with E-state index in [1.165, 1.54) is 6.07 Å². The van der Waals surface area contributed by atoms with Crippen molar-refractivity contribution in [3.8, 4) is 11.1 Å². The molecule has 0 aliphatic rings. The van der Waals surface area contributed by atoms with Gasteiger partial charge in [-0.25, -0.2) is 4.39 Å². The van der Waals surface area contributed by atoms with Gasteiger partial charge in [0.25, 0.3) is 0 Å². The molecule has 2 N–H and O–H groups in total. The summed E-state index contributed by atoms with van der Waals surface area (Å²) in [7, 11) is 0. The first-order chi connectivity index (χ1) is 8.11. The average Bonchev–Trinajstić information content (AvgIpc) is 2.30. The maximum Gasteiger partial charge on any atom is 0.132 e. The zero-order valence-corrected chi connectivity index (χ0v) is 10.4. The molecule has 0 spiro atoms. The Morgan fingerprint density at radius 3 is 2.29 bits per heavy atom. The third-order valence-electron chi connectivity index (χ3n) is 2.49. The number of halogens is 3. The second kappa shape index (κ2) is 5.05. The molecule has 0 saturated heterocycles. The van der Waals surface area contributed by atoms with E-state index in [4.69, 9.17) is 28.9 Å². The van der Waals surface area contributed by atoms with Gasteiger partial charge in [-0.2, -0.15) is 0 Å². The van der Waals surface area contributed by atoms with Crippen molar-refractivity contribution in [2.45, 2.75) is 6.54 Å². The fourth-order valence-corrected chi connectivity index (χ4v) is 2.08. The predicted octanol–water partition coefficient (Wildman–Crippen LogP) is 4.26. The maximum absolute atomic E-state index is 13.7. The number of rotatable bonds is 2. The number of hydrogen-bond donors (Lipinski definition) is 1. The quantitative estimate of drug-likeness (QED) is 0.866. The molecule has 0 saturated carbocycles. The molecule has 0 heterocycles. The van der Waals surface area contributed by atoms with Crippen molar-refractivity contribution in [3.05, 3.63) is 57.8 Å². The average molecular weight is 270 g/mol. The van der Waals surface area contributed by atoms with Crippen molar-refractivity contribution in [1.82, 2.24) is 0 Å². The zero-order chi connectivity index (χ0) is 12.4. The third-order valence-corrected chi connectivity index (χ3v) is 3.04. The van der Waals surface area contributed by atoms with Gasteiger partial charge in [-0.1, -0.05) is 35.3 Å². The molecule has 17 heavy (non-hydrogen) atoms. The third kappa shape index (κ3) is 2.60. The first kappa shape index (κ1) is 12.4. The summed E-state index contributed by atoms with van der Waals surface area (Å²) in [5.41, 5.74) is 7.49. The van der Waals surface area contributed by atoms with Gasteiger partial charge in [-0.15, -0.1) is 0 Å². The van der Waals surface area contributed by atoms with Crippen molar-refractivity contribution in [1.29, 1.82) is 0 Å². The van der Waals surface area contributed by atoms with Gasteiger partial charge in [0.1, 0.15) is 5.82 Å². The highest BCUT2D eigenvalue weighted by Crippen LogP contribution is 2.31. The summed E-state index contributed by atoms with van der Waals surface area (Å²) in [6, 6.07) is 9.84. The van der Waals surface area contributed by atoms with Gasteiger partial charge >= 0.3 is 0 Å². The molecule has 2 aromatic carbocycles. The summed E-state index contributed by atoms with van der Waals surface area (Å²) >= 11 is 11.8. The molecule has 1 nitrogen and oxygen atoms in total. The van der Waals surface area contributed by atoms with E-state index < -0.39 is 0 Å². The second-order valence-corrected chi connectivity index (χ2v) is 4.49. The summed E-state index contributed by atoms with van der Waals surface area (Å²) in [4.78, 5) is 0. The number of nitrogens with two attached hydrogens (primary N) is 1. The van der Waals surface area contributed by atoms with Crippen LogP contribution in [0.1, 0.15) is 5.56 Å². The van der Waals surface area contributed by atoms with E-state index in [0.29, 0.717) is 27.7 Å². The molecule has 0 unspecified atom stereocenters. The van der Waals surface area contributed by atoms with Crippen LogP contribution < -0.4 is 5.73 Å². The number of benzene rings is 2. The van der Waals surface area contributed by atoms with Gasteiger partial charge in [0.2, 0.25) is 0 Å². The lowest BCUT2D eigenvalue weighted by atomic mass is 10.0. The highest BCUT2D eigenvalue weighted by atomic mass is 35.5. The summed E-state index contributed by atoms with van der Waals surface area (Å²) in [6.07, 6.45) is 0. The van der Waals surface area contributed by atoms with Gasteiger partial charge < -0.3 is 5.73 Å².